The van der Waals surface area contributed by atoms with E-state index in [2.05, 4.69) is 26.0 Å². The molecule has 0 fully saturated rings. The van der Waals surface area contributed by atoms with Gasteiger partial charge in [-0.1, -0.05) is 37.6 Å². The molecule has 0 aromatic heterocycles. The monoisotopic (exact) mass is 433 g/mol. The standard InChI is InChI=1S/C23H28ClNO3S/c1-16(2)15-28-23-20(24)12-18(13-21(23)27-4)8-11-22(26)25(3)14-17-6-9-19(29-5)10-7-17/h6-13,16H,14-15H2,1-5H3. The maximum Gasteiger partial charge on any atom is 0.246 e. The molecular formula is C23H28ClNO3S. The van der Waals surface area contributed by atoms with Crippen LogP contribution < -0.4 is 9.47 Å². The lowest BCUT2D eigenvalue weighted by Gasteiger charge is -2.16. The molecule has 0 N–H and O–H groups in total. The van der Waals surface area contributed by atoms with Crippen molar-refractivity contribution >= 4 is 35.3 Å². The van der Waals surface area contributed by atoms with Gasteiger partial charge in [-0.25, -0.2) is 0 Å². The molecule has 156 valence electrons. The van der Waals surface area contributed by atoms with Crippen molar-refractivity contribution in [2.24, 2.45) is 5.92 Å². The van der Waals surface area contributed by atoms with Crippen molar-refractivity contribution in [3.05, 3.63) is 58.6 Å². The van der Waals surface area contributed by atoms with Gasteiger partial charge in [-0.05, 0) is 53.6 Å². The highest BCUT2D eigenvalue weighted by Gasteiger charge is 2.12. The molecule has 29 heavy (non-hydrogen) atoms. The van der Waals surface area contributed by atoms with Crippen molar-refractivity contribution in [2.75, 3.05) is 27.0 Å². The number of thioether (sulfide) groups is 1. The van der Waals surface area contributed by atoms with Crippen molar-refractivity contribution in [1.29, 1.82) is 0 Å². The van der Waals surface area contributed by atoms with E-state index < -0.39 is 0 Å². The van der Waals surface area contributed by atoms with E-state index in [9.17, 15) is 4.79 Å². The predicted molar refractivity (Wildman–Crippen MR) is 122 cm³/mol. The third-order valence-corrected chi connectivity index (χ3v) is 5.21. The number of carbonyl (C=O) groups excluding carboxylic acids is 1. The minimum atomic E-state index is -0.0887. The first-order valence-electron chi connectivity index (χ1n) is 9.40. The second kappa shape index (κ2) is 11.2. The molecule has 0 radical (unpaired) electrons. The summed E-state index contributed by atoms with van der Waals surface area (Å²) < 4.78 is 11.2. The number of halogens is 1. The maximum absolute atomic E-state index is 12.5. The minimum Gasteiger partial charge on any atom is -0.493 e. The number of benzene rings is 2. The van der Waals surface area contributed by atoms with Gasteiger partial charge in [0.15, 0.2) is 11.5 Å². The first kappa shape index (κ1) is 23.2. The van der Waals surface area contributed by atoms with Crippen molar-refractivity contribution in [3.8, 4) is 11.5 Å². The highest BCUT2D eigenvalue weighted by Crippen LogP contribution is 2.37. The molecule has 6 heteroatoms. The number of methoxy groups -OCH3 is 1. The smallest absolute Gasteiger partial charge is 0.246 e. The molecule has 0 spiro atoms. The molecule has 4 nitrogen and oxygen atoms in total. The molecule has 0 aliphatic carbocycles. The number of nitrogens with zero attached hydrogens (tertiary/aromatic N) is 1. The van der Waals surface area contributed by atoms with Crippen LogP contribution in [0.5, 0.6) is 11.5 Å². The fourth-order valence-electron chi connectivity index (χ4n) is 2.60. The maximum atomic E-state index is 12.5. The Hall–Kier alpha value is -2.11. The van der Waals surface area contributed by atoms with Gasteiger partial charge in [0, 0.05) is 24.6 Å². The van der Waals surface area contributed by atoms with Gasteiger partial charge in [-0.3, -0.25) is 4.79 Å². The zero-order valence-electron chi connectivity index (χ0n) is 17.6. The van der Waals surface area contributed by atoms with Crippen LogP contribution >= 0.6 is 23.4 Å². The molecule has 2 aromatic rings. The Morgan fingerprint density at radius 2 is 1.93 bits per heavy atom. The van der Waals surface area contributed by atoms with E-state index in [1.165, 1.54) is 11.0 Å². The van der Waals surface area contributed by atoms with E-state index in [0.717, 1.165) is 11.1 Å². The Morgan fingerprint density at radius 3 is 2.52 bits per heavy atom. The Kier molecular flexibility index (Phi) is 8.93. The van der Waals surface area contributed by atoms with Crippen LogP contribution in [0.3, 0.4) is 0 Å². The summed E-state index contributed by atoms with van der Waals surface area (Å²) in [5.41, 5.74) is 1.86. The molecule has 0 heterocycles. The summed E-state index contributed by atoms with van der Waals surface area (Å²) in [4.78, 5) is 15.3. The van der Waals surface area contributed by atoms with Crippen LogP contribution in [0.1, 0.15) is 25.0 Å². The Balaban J connectivity index is 2.06. The summed E-state index contributed by atoms with van der Waals surface area (Å²) in [6.07, 6.45) is 5.31. The number of carbonyl (C=O) groups is 1. The zero-order valence-corrected chi connectivity index (χ0v) is 19.1. The average Bonchev–Trinajstić information content (AvgIpc) is 2.71. The molecule has 2 rings (SSSR count). The molecule has 1 amide bonds. The fourth-order valence-corrected chi connectivity index (χ4v) is 3.29. The fraction of sp³-hybridized carbons (Fsp3) is 0.348. The average molecular weight is 434 g/mol. The zero-order chi connectivity index (χ0) is 21.4. The summed E-state index contributed by atoms with van der Waals surface area (Å²) in [5, 5.41) is 0.458. The van der Waals surface area contributed by atoms with Crippen LogP contribution in [-0.2, 0) is 11.3 Å². The molecule has 0 bridgehead atoms. The summed E-state index contributed by atoms with van der Waals surface area (Å²) in [6, 6.07) is 11.8. The highest BCUT2D eigenvalue weighted by atomic mass is 35.5. The van der Waals surface area contributed by atoms with Crippen LogP contribution in [0.2, 0.25) is 5.02 Å². The third-order valence-electron chi connectivity index (χ3n) is 4.19. The van der Waals surface area contributed by atoms with Gasteiger partial charge in [0.1, 0.15) is 0 Å². The van der Waals surface area contributed by atoms with Gasteiger partial charge in [0.05, 0.1) is 18.7 Å². The molecule has 0 unspecified atom stereocenters. The summed E-state index contributed by atoms with van der Waals surface area (Å²) in [6.45, 7) is 5.23. The van der Waals surface area contributed by atoms with Gasteiger partial charge in [0.25, 0.3) is 0 Å². The Bertz CT molecular complexity index is 850. The normalized spacial score (nSPS) is 11.1. The second-order valence-electron chi connectivity index (χ2n) is 7.11. The van der Waals surface area contributed by atoms with E-state index in [0.29, 0.717) is 35.6 Å². The van der Waals surface area contributed by atoms with E-state index in [4.69, 9.17) is 21.1 Å². The third kappa shape index (κ3) is 7.02. The first-order chi connectivity index (χ1) is 13.8. The molecular weight excluding hydrogens is 406 g/mol. The van der Waals surface area contributed by atoms with Crippen LogP contribution in [0.15, 0.2) is 47.4 Å². The molecule has 0 aliphatic rings. The van der Waals surface area contributed by atoms with E-state index in [1.807, 2.05) is 24.5 Å². The summed E-state index contributed by atoms with van der Waals surface area (Å²) in [5.74, 6) is 1.36. The molecule has 2 aromatic carbocycles. The quantitative estimate of drug-likeness (QED) is 0.371. The lowest BCUT2D eigenvalue weighted by molar-refractivity contribution is -0.125. The van der Waals surface area contributed by atoms with Crippen LogP contribution in [0.25, 0.3) is 6.08 Å². The van der Waals surface area contributed by atoms with Crippen LogP contribution in [0.4, 0.5) is 0 Å². The minimum absolute atomic E-state index is 0.0887. The van der Waals surface area contributed by atoms with E-state index in [1.54, 1.807) is 43.0 Å². The van der Waals surface area contributed by atoms with Crippen molar-refractivity contribution in [2.45, 2.75) is 25.3 Å². The largest absolute Gasteiger partial charge is 0.493 e. The van der Waals surface area contributed by atoms with Gasteiger partial charge < -0.3 is 14.4 Å². The van der Waals surface area contributed by atoms with Crippen molar-refractivity contribution in [1.82, 2.24) is 4.90 Å². The molecule has 0 aliphatic heterocycles. The number of hydrogen-bond donors (Lipinski definition) is 0. The number of ether oxygens (including phenoxy) is 2. The van der Waals surface area contributed by atoms with Crippen LogP contribution in [0, 0.1) is 5.92 Å². The Labute approximate surface area is 182 Å². The van der Waals surface area contributed by atoms with Gasteiger partial charge in [-0.15, -0.1) is 11.8 Å². The molecule has 0 saturated heterocycles. The summed E-state index contributed by atoms with van der Waals surface area (Å²) >= 11 is 8.07. The number of amides is 1. The molecule has 0 atom stereocenters. The first-order valence-corrected chi connectivity index (χ1v) is 11.0. The lowest BCUT2D eigenvalue weighted by Crippen LogP contribution is -2.24. The van der Waals surface area contributed by atoms with Gasteiger partial charge in [0.2, 0.25) is 5.91 Å². The highest BCUT2D eigenvalue weighted by molar-refractivity contribution is 7.98. The van der Waals surface area contributed by atoms with E-state index in [-0.39, 0.29) is 5.91 Å². The van der Waals surface area contributed by atoms with E-state index >= 15 is 0 Å². The SMILES string of the molecule is COc1cc(C=CC(=O)N(C)Cc2ccc(SC)cc2)cc(Cl)c1OCC(C)C. The summed E-state index contributed by atoms with van der Waals surface area (Å²) in [7, 11) is 3.36. The van der Waals surface area contributed by atoms with Gasteiger partial charge in [-0.2, -0.15) is 0 Å². The van der Waals surface area contributed by atoms with Crippen molar-refractivity contribution < 1.29 is 14.3 Å². The second-order valence-corrected chi connectivity index (χ2v) is 8.40. The van der Waals surface area contributed by atoms with Crippen LogP contribution in [-0.4, -0.2) is 37.8 Å². The topological polar surface area (TPSA) is 38.8 Å². The number of rotatable bonds is 9. The molecule has 0 saturated carbocycles. The number of hydrogen-bond acceptors (Lipinski definition) is 4. The van der Waals surface area contributed by atoms with Crippen molar-refractivity contribution in [3.63, 3.8) is 0 Å². The lowest BCUT2D eigenvalue weighted by atomic mass is 10.1. The van der Waals surface area contributed by atoms with Gasteiger partial charge >= 0.3 is 0 Å². The Morgan fingerprint density at radius 1 is 1.24 bits per heavy atom. The predicted octanol–water partition coefficient (Wildman–Crippen LogP) is 5.78. The number of likely N-dealkylation sites (N-methyl/N-ethyl adjacent to an activating group) is 1.